The van der Waals surface area contributed by atoms with Crippen LogP contribution in [0.25, 0.3) is 0 Å². The van der Waals surface area contributed by atoms with E-state index in [4.69, 9.17) is 9.84 Å². The van der Waals surface area contributed by atoms with Crippen LogP contribution in [-0.4, -0.2) is 34.4 Å². The molecule has 5 heteroatoms. The van der Waals surface area contributed by atoms with Crippen LogP contribution in [0, 0.1) is 12.8 Å². The third kappa shape index (κ3) is 3.67. The average molecular weight is 331 g/mol. The highest BCUT2D eigenvalue weighted by atomic mass is 32.1. The van der Waals surface area contributed by atoms with Gasteiger partial charge in [0.15, 0.2) is 0 Å². The zero-order chi connectivity index (χ0) is 15.8. The number of aromatic nitrogens is 2. The summed E-state index contributed by atoms with van der Waals surface area (Å²) in [6.07, 6.45) is 4.88. The molecule has 4 nitrogen and oxygen atoms in total. The van der Waals surface area contributed by atoms with Gasteiger partial charge in [0, 0.05) is 60.7 Å². The average Bonchev–Trinajstić information content (AvgIpc) is 3.12. The number of fused-ring (bicyclic) bond motifs is 1. The Balaban J connectivity index is 1.45. The summed E-state index contributed by atoms with van der Waals surface area (Å²) in [6.45, 7) is 7.00. The van der Waals surface area contributed by atoms with Gasteiger partial charge in [-0.1, -0.05) is 0 Å². The highest BCUT2D eigenvalue weighted by Gasteiger charge is 2.29. The Morgan fingerprint density at radius 3 is 2.91 bits per heavy atom. The first kappa shape index (κ1) is 15.4. The second-order valence-electron chi connectivity index (χ2n) is 7.07. The molecule has 3 heterocycles. The Morgan fingerprint density at radius 2 is 2.17 bits per heavy atom. The van der Waals surface area contributed by atoms with Crippen molar-refractivity contribution in [3.05, 3.63) is 39.3 Å². The Hall–Kier alpha value is -1.17. The van der Waals surface area contributed by atoms with Gasteiger partial charge in [0.05, 0.1) is 12.3 Å². The molecule has 1 atom stereocenters. The van der Waals surface area contributed by atoms with Gasteiger partial charge in [-0.2, -0.15) is 5.10 Å². The second kappa shape index (κ2) is 6.38. The molecule has 1 aliphatic heterocycles. The van der Waals surface area contributed by atoms with Gasteiger partial charge in [-0.15, -0.1) is 11.3 Å². The van der Waals surface area contributed by atoms with Crippen LogP contribution in [0.2, 0.25) is 0 Å². The summed E-state index contributed by atoms with van der Waals surface area (Å²) in [7, 11) is 2.02. The van der Waals surface area contributed by atoms with Crippen LogP contribution < -0.4 is 0 Å². The van der Waals surface area contributed by atoms with E-state index in [2.05, 4.69) is 30.2 Å². The van der Waals surface area contributed by atoms with E-state index in [0.29, 0.717) is 5.92 Å². The second-order valence-corrected chi connectivity index (χ2v) is 8.45. The van der Waals surface area contributed by atoms with E-state index in [1.54, 1.807) is 0 Å². The van der Waals surface area contributed by atoms with Crippen molar-refractivity contribution in [2.75, 3.05) is 19.8 Å². The molecule has 1 saturated carbocycles. The fraction of sp³-hybridized carbons (Fsp3) is 0.611. The van der Waals surface area contributed by atoms with Crippen LogP contribution in [-0.2, 0) is 24.9 Å². The maximum Gasteiger partial charge on any atom is 0.0736 e. The number of rotatable bonds is 6. The maximum absolute atomic E-state index is 5.99. The van der Waals surface area contributed by atoms with Gasteiger partial charge in [-0.3, -0.25) is 9.58 Å². The molecule has 0 unspecified atom stereocenters. The third-order valence-corrected chi connectivity index (χ3v) is 5.73. The first-order chi connectivity index (χ1) is 11.2. The molecule has 2 aromatic rings. The van der Waals surface area contributed by atoms with Gasteiger partial charge in [0.1, 0.15) is 0 Å². The van der Waals surface area contributed by atoms with Crippen LogP contribution in [0.5, 0.6) is 0 Å². The zero-order valence-electron chi connectivity index (χ0n) is 14.0. The lowest BCUT2D eigenvalue weighted by Gasteiger charge is -2.31. The summed E-state index contributed by atoms with van der Waals surface area (Å²) in [5.74, 6) is 1.23. The Labute approximate surface area is 142 Å². The van der Waals surface area contributed by atoms with Crippen molar-refractivity contribution < 1.29 is 4.74 Å². The van der Waals surface area contributed by atoms with E-state index >= 15 is 0 Å². The molecule has 2 aromatic heterocycles. The molecule has 1 aliphatic carbocycles. The third-order valence-electron chi connectivity index (χ3n) is 4.74. The van der Waals surface area contributed by atoms with Crippen molar-refractivity contribution in [3.8, 4) is 0 Å². The largest absolute Gasteiger partial charge is 0.380 e. The molecule has 0 saturated heterocycles. The lowest BCUT2D eigenvalue weighted by atomic mass is 9.97. The summed E-state index contributed by atoms with van der Waals surface area (Å²) in [5.41, 5.74) is 2.62. The van der Waals surface area contributed by atoms with Crippen LogP contribution in [0.1, 0.15) is 39.8 Å². The summed E-state index contributed by atoms with van der Waals surface area (Å²) < 4.78 is 7.95. The fourth-order valence-electron chi connectivity index (χ4n) is 3.43. The van der Waals surface area contributed by atoms with Crippen LogP contribution in [0.4, 0.5) is 0 Å². The molecule has 23 heavy (non-hydrogen) atoms. The SMILES string of the molecule is Cc1ccc(CN2Cc3cn(C)nc3[C@H](COCC3CC3)C2)s1. The van der Waals surface area contributed by atoms with Crippen molar-refractivity contribution in [1.29, 1.82) is 0 Å². The topological polar surface area (TPSA) is 30.3 Å². The number of aryl methyl sites for hydroxylation is 2. The molecule has 2 aliphatic rings. The van der Waals surface area contributed by atoms with Crippen molar-refractivity contribution in [2.24, 2.45) is 13.0 Å². The van der Waals surface area contributed by atoms with Gasteiger partial charge in [-0.25, -0.2) is 0 Å². The minimum absolute atomic E-state index is 0.403. The van der Waals surface area contributed by atoms with E-state index in [9.17, 15) is 0 Å². The van der Waals surface area contributed by atoms with Crippen molar-refractivity contribution in [1.82, 2.24) is 14.7 Å². The van der Waals surface area contributed by atoms with Crippen molar-refractivity contribution in [3.63, 3.8) is 0 Å². The molecule has 0 radical (unpaired) electrons. The lowest BCUT2D eigenvalue weighted by Crippen LogP contribution is -2.34. The molecular formula is C18H25N3OS. The molecule has 0 aromatic carbocycles. The van der Waals surface area contributed by atoms with E-state index in [1.807, 2.05) is 23.1 Å². The molecule has 0 N–H and O–H groups in total. The minimum atomic E-state index is 0.403. The van der Waals surface area contributed by atoms with Gasteiger partial charge in [0.2, 0.25) is 0 Å². The number of hydrogen-bond donors (Lipinski definition) is 0. The predicted octanol–water partition coefficient (Wildman–Crippen LogP) is 3.32. The summed E-state index contributed by atoms with van der Waals surface area (Å²) in [5, 5.41) is 4.70. The molecule has 0 amide bonds. The highest BCUT2D eigenvalue weighted by Crippen LogP contribution is 2.32. The normalized spacial score (nSPS) is 21.6. The first-order valence-corrected chi connectivity index (χ1v) is 9.37. The predicted molar refractivity (Wildman–Crippen MR) is 92.7 cm³/mol. The molecule has 0 spiro atoms. The molecule has 1 fully saturated rings. The van der Waals surface area contributed by atoms with E-state index in [1.165, 1.54) is 33.9 Å². The Bertz CT molecular complexity index is 674. The van der Waals surface area contributed by atoms with Gasteiger partial charge < -0.3 is 4.74 Å². The van der Waals surface area contributed by atoms with E-state index < -0.39 is 0 Å². The molecule has 0 bridgehead atoms. The van der Waals surface area contributed by atoms with Crippen LogP contribution >= 0.6 is 11.3 Å². The Kier molecular flexibility index (Phi) is 4.26. The zero-order valence-corrected chi connectivity index (χ0v) is 14.8. The number of thiophene rings is 1. The summed E-state index contributed by atoms with van der Waals surface area (Å²) in [6, 6.07) is 4.48. The highest BCUT2D eigenvalue weighted by molar-refractivity contribution is 7.11. The smallest absolute Gasteiger partial charge is 0.0736 e. The monoisotopic (exact) mass is 331 g/mol. The fourth-order valence-corrected chi connectivity index (χ4v) is 4.36. The van der Waals surface area contributed by atoms with Crippen molar-refractivity contribution in [2.45, 2.75) is 38.8 Å². The Morgan fingerprint density at radius 1 is 1.30 bits per heavy atom. The van der Waals surface area contributed by atoms with Crippen molar-refractivity contribution >= 4 is 11.3 Å². The van der Waals surface area contributed by atoms with Gasteiger partial charge in [0.25, 0.3) is 0 Å². The van der Waals surface area contributed by atoms with Gasteiger partial charge in [-0.05, 0) is 37.8 Å². The quantitative estimate of drug-likeness (QED) is 0.813. The standard InChI is InChI=1S/C18H25N3OS/c1-13-3-6-17(23-13)10-21-8-15-7-20(2)19-18(15)16(9-21)12-22-11-14-4-5-14/h3,6-7,14,16H,4-5,8-12H2,1-2H3/t16-/m0/s1. The lowest BCUT2D eigenvalue weighted by molar-refractivity contribution is 0.0883. The van der Waals surface area contributed by atoms with Crippen LogP contribution in [0.3, 0.4) is 0 Å². The summed E-state index contributed by atoms with van der Waals surface area (Å²) >= 11 is 1.91. The molecule has 124 valence electrons. The molecule has 4 rings (SSSR count). The number of hydrogen-bond acceptors (Lipinski definition) is 4. The first-order valence-electron chi connectivity index (χ1n) is 8.55. The van der Waals surface area contributed by atoms with E-state index in [-0.39, 0.29) is 0 Å². The summed E-state index contributed by atoms with van der Waals surface area (Å²) in [4.78, 5) is 5.39. The van der Waals surface area contributed by atoms with Crippen LogP contribution in [0.15, 0.2) is 18.3 Å². The van der Waals surface area contributed by atoms with Gasteiger partial charge >= 0.3 is 0 Å². The molecular weight excluding hydrogens is 306 g/mol. The van der Waals surface area contributed by atoms with E-state index in [0.717, 1.165) is 38.8 Å². The minimum Gasteiger partial charge on any atom is -0.380 e. The number of nitrogens with zero attached hydrogens (tertiary/aromatic N) is 3. The maximum atomic E-state index is 5.99. The number of ether oxygens (including phenoxy) is 1.